The van der Waals surface area contributed by atoms with Crippen molar-refractivity contribution in [3.05, 3.63) is 24.0 Å². The van der Waals surface area contributed by atoms with Crippen molar-refractivity contribution in [2.75, 3.05) is 32.4 Å². The molecule has 0 spiro atoms. The van der Waals surface area contributed by atoms with E-state index in [0.29, 0.717) is 11.3 Å². The summed E-state index contributed by atoms with van der Waals surface area (Å²) in [5.74, 6) is 0.00718. The van der Waals surface area contributed by atoms with Crippen LogP contribution in [0.25, 0.3) is 0 Å². The van der Waals surface area contributed by atoms with Gasteiger partial charge in [0.15, 0.2) is 0 Å². The minimum atomic E-state index is 0.00718. The molecule has 0 bridgehead atoms. The average molecular weight is 262 g/mol. The second kappa shape index (κ2) is 6.02. The summed E-state index contributed by atoms with van der Waals surface area (Å²) in [6.45, 7) is 4.86. The first kappa shape index (κ1) is 13.8. The van der Waals surface area contributed by atoms with Gasteiger partial charge in [0.1, 0.15) is 0 Å². The average Bonchev–Trinajstić information content (AvgIpc) is 2.60. The zero-order valence-electron chi connectivity index (χ0n) is 11.7. The van der Waals surface area contributed by atoms with E-state index in [4.69, 9.17) is 5.73 Å². The predicted molar refractivity (Wildman–Crippen MR) is 75.9 cm³/mol. The van der Waals surface area contributed by atoms with Crippen LogP contribution in [-0.4, -0.2) is 53.4 Å². The Bertz CT molecular complexity index is 449. The number of hydrogen-bond donors (Lipinski definition) is 1. The molecular weight excluding hydrogens is 240 g/mol. The van der Waals surface area contributed by atoms with Crippen LogP contribution in [0.2, 0.25) is 0 Å². The lowest BCUT2D eigenvalue weighted by Crippen LogP contribution is -2.43. The fourth-order valence-electron chi connectivity index (χ4n) is 2.60. The highest BCUT2D eigenvalue weighted by atomic mass is 16.2. The zero-order valence-corrected chi connectivity index (χ0v) is 11.7. The SMILES string of the molecule is CCC1CN(C)CCCN1C(=O)c1cnccc1N. The highest BCUT2D eigenvalue weighted by Crippen LogP contribution is 2.18. The van der Waals surface area contributed by atoms with Crippen LogP contribution >= 0.6 is 0 Å². The molecule has 1 saturated heterocycles. The summed E-state index contributed by atoms with van der Waals surface area (Å²) in [6, 6.07) is 1.93. The van der Waals surface area contributed by atoms with Crippen LogP contribution in [-0.2, 0) is 0 Å². The van der Waals surface area contributed by atoms with E-state index in [2.05, 4.69) is 23.9 Å². The van der Waals surface area contributed by atoms with Gasteiger partial charge >= 0.3 is 0 Å². The third kappa shape index (κ3) is 3.04. The molecule has 104 valence electrons. The first-order valence-corrected chi connectivity index (χ1v) is 6.82. The lowest BCUT2D eigenvalue weighted by atomic mass is 10.1. The van der Waals surface area contributed by atoms with Gasteiger partial charge in [0.05, 0.1) is 5.56 Å². The molecule has 5 nitrogen and oxygen atoms in total. The third-order valence-corrected chi connectivity index (χ3v) is 3.72. The molecule has 0 aromatic carbocycles. The van der Waals surface area contributed by atoms with Crippen molar-refractivity contribution >= 4 is 11.6 Å². The first-order valence-electron chi connectivity index (χ1n) is 6.82. The number of rotatable bonds is 2. The van der Waals surface area contributed by atoms with Crippen LogP contribution in [0, 0.1) is 0 Å². The van der Waals surface area contributed by atoms with Gasteiger partial charge in [-0.3, -0.25) is 9.78 Å². The standard InChI is InChI=1S/C14H22N4O/c1-3-11-10-17(2)7-4-8-18(11)14(19)12-9-16-6-5-13(12)15/h5-6,9,11H,3-4,7-8,10H2,1-2H3,(H2,15,16). The van der Waals surface area contributed by atoms with Gasteiger partial charge in [-0.1, -0.05) is 6.92 Å². The van der Waals surface area contributed by atoms with Gasteiger partial charge < -0.3 is 15.5 Å². The maximum Gasteiger partial charge on any atom is 0.257 e. The Kier molecular flexibility index (Phi) is 4.37. The van der Waals surface area contributed by atoms with Gasteiger partial charge in [-0.25, -0.2) is 0 Å². The first-order chi connectivity index (χ1) is 9.13. The third-order valence-electron chi connectivity index (χ3n) is 3.72. The largest absolute Gasteiger partial charge is 0.398 e. The Morgan fingerprint density at radius 1 is 1.53 bits per heavy atom. The van der Waals surface area contributed by atoms with E-state index in [-0.39, 0.29) is 11.9 Å². The number of carbonyl (C=O) groups is 1. The summed E-state index contributed by atoms with van der Waals surface area (Å²) in [4.78, 5) is 20.9. The molecule has 1 unspecified atom stereocenters. The van der Waals surface area contributed by atoms with Crippen molar-refractivity contribution in [2.45, 2.75) is 25.8 Å². The Morgan fingerprint density at radius 3 is 3.00 bits per heavy atom. The molecule has 0 saturated carbocycles. The van der Waals surface area contributed by atoms with Crippen LogP contribution in [0.15, 0.2) is 18.5 Å². The van der Waals surface area contributed by atoms with Crippen LogP contribution in [0.4, 0.5) is 5.69 Å². The predicted octanol–water partition coefficient (Wildman–Crippen LogP) is 1.22. The van der Waals surface area contributed by atoms with Crippen LogP contribution in [0.5, 0.6) is 0 Å². The summed E-state index contributed by atoms with van der Waals surface area (Å²) in [5.41, 5.74) is 6.91. The van der Waals surface area contributed by atoms with E-state index >= 15 is 0 Å². The molecule has 1 aliphatic rings. The number of likely N-dealkylation sites (N-methyl/N-ethyl adjacent to an activating group) is 1. The van der Waals surface area contributed by atoms with Gasteiger partial charge in [0, 0.05) is 37.2 Å². The molecule has 1 aliphatic heterocycles. The smallest absolute Gasteiger partial charge is 0.257 e. The Labute approximate surface area is 114 Å². The van der Waals surface area contributed by atoms with Gasteiger partial charge in [0.2, 0.25) is 0 Å². The maximum atomic E-state index is 12.6. The number of anilines is 1. The molecule has 1 aromatic rings. The number of hydrogen-bond acceptors (Lipinski definition) is 4. The van der Waals surface area contributed by atoms with E-state index in [0.717, 1.165) is 32.5 Å². The van der Waals surface area contributed by atoms with E-state index in [9.17, 15) is 4.79 Å². The summed E-state index contributed by atoms with van der Waals surface area (Å²) in [5, 5.41) is 0. The van der Waals surface area contributed by atoms with Crippen molar-refractivity contribution < 1.29 is 4.79 Å². The van der Waals surface area contributed by atoms with Gasteiger partial charge in [0.25, 0.3) is 5.91 Å². The number of pyridine rings is 1. The van der Waals surface area contributed by atoms with Crippen molar-refractivity contribution in [1.82, 2.24) is 14.8 Å². The number of nitrogens with zero attached hydrogens (tertiary/aromatic N) is 3. The molecule has 1 aromatic heterocycles. The molecular formula is C14H22N4O. The van der Waals surface area contributed by atoms with Crippen molar-refractivity contribution in [1.29, 1.82) is 0 Å². The van der Waals surface area contributed by atoms with Crippen LogP contribution in [0.1, 0.15) is 30.1 Å². The van der Waals surface area contributed by atoms with Gasteiger partial charge in [-0.15, -0.1) is 0 Å². The van der Waals surface area contributed by atoms with Gasteiger partial charge in [-0.05, 0) is 32.5 Å². The van der Waals surface area contributed by atoms with Crippen molar-refractivity contribution in [3.8, 4) is 0 Å². The minimum Gasteiger partial charge on any atom is -0.398 e. The normalized spacial score (nSPS) is 21.2. The van der Waals surface area contributed by atoms with E-state index in [1.165, 1.54) is 0 Å². The molecule has 2 rings (SSSR count). The van der Waals surface area contributed by atoms with Gasteiger partial charge in [-0.2, -0.15) is 0 Å². The molecule has 5 heteroatoms. The van der Waals surface area contributed by atoms with Crippen LogP contribution < -0.4 is 5.73 Å². The molecule has 1 amide bonds. The maximum absolute atomic E-state index is 12.6. The van der Waals surface area contributed by atoms with Crippen molar-refractivity contribution in [3.63, 3.8) is 0 Å². The lowest BCUT2D eigenvalue weighted by molar-refractivity contribution is 0.0676. The fourth-order valence-corrected chi connectivity index (χ4v) is 2.60. The summed E-state index contributed by atoms with van der Waals surface area (Å²) in [6.07, 6.45) is 5.13. The van der Waals surface area contributed by atoms with E-state index in [1.807, 2.05) is 4.90 Å². The minimum absolute atomic E-state index is 0.00718. The zero-order chi connectivity index (χ0) is 13.8. The Morgan fingerprint density at radius 2 is 2.32 bits per heavy atom. The Balaban J connectivity index is 2.23. The molecule has 1 atom stereocenters. The molecule has 0 aliphatic carbocycles. The molecule has 1 fully saturated rings. The number of aromatic nitrogens is 1. The lowest BCUT2D eigenvalue weighted by Gasteiger charge is -2.30. The highest BCUT2D eigenvalue weighted by Gasteiger charge is 2.27. The molecule has 19 heavy (non-hydrogen) atoms. The second-order valence-corrected chi connectivity index (χ2v) is 5.14. The topological polar surface area (TPSA) is 62.5 Å². The summed E-state index contributed by atoms with van der Waals surface area (Å²) in [7, 11) is 2.11. The number of amides is 1. The Hall–Kier alpha value is -1.62. The number of nitrogens with two attached hydrogens (primary N) is 1. The van der Waals surface area contributed by atoms with Crippen molar-refractivity contribution in [2.24, 2.45) is 0 Å². The molecule has 2 heterocycles. The molecule has 2 N–H and O–H groups in total. The number of carbonyl (C=O) groups excluding carboxylic acids is 1. The fraction of sp³-hybridized carbons (Fsp3) is 0.571. The number of nitrogen functional groups attached to an aromatic ring is 1. The highest BCUT2D eigenvalue weighted by molar-refractivity contribution is 5.98. The molecule has 0 radical (unpaired) electrons. The van der Waals surface area contributed by atoms with Crippen LogP contribution in [0.3, 0.4) is 0 Å². The quantitative estimate of drug-likeness (QED) is 0.870. The summed E-state index contributed by atoms with van der Waals surface area (Å²) < 4.78 is 0. The summed E-state index contributed by atoms with van der Waals surface area (Å²) >= 11 is 0. The van der Waals surface area contributed by atoms with E-state index < -0.39 is 0 Å². The monoisotopic (exact) mass is 262 g/mol. The second-order valence-electron chi connectivity index (χ2n) is 5.14. The van der Waals surface area contributed by atoms with E-state index in [1.54, 1.807) is 18.5 Å².